The van der Waals surface area contributed by atoms with E-state index >= 15 is 0 Å². The van der Waals surface area contributed by atoms with Gasteiger partial charge in [0.05, 0.1) is 5.52 Å². The summed E-state index contributed by atoms with van der Waals surface area (Å²) in [6.45, 7) is 5.54. The fourth-order valence-corrected chi connectivity index (χ4v) is 2.82. The molecule has 0 bridgehead atoms. The fraction of sp³-hybridized carbons (Fsp3) is 0.211. The number of benzene rings is 2. The lowest BCUT2D eigenvalue weighted by Gasteiger charge is -2.10. The van der Waals surface area contributed by atoms with Crippen molar-refractivity contribution in [3.8, 4) is 5.75 Å². The average Bonchev–Trinajstić information content (AvgIpc) is 2.88. The maximum Gasteiger partial charge on any atom is 0.150 e. The Bertz CT molecular complexity index is 803. The monoisotopic (exact) mass is 293 g/mol. The van der Waals surface area contributed by atoms with Crippen molar-refractivity contribution >= 4 is 17.2 Å². The molecule has 0 aliphatic rings. The summed E-state index contributed by atoms with van der Waals surface area (Å²) in [5.41, 5.74) is 3.97. The third-order valence-electron chi connectivity index (χ3n) is 3.90. The molecule has 3 rings (SSSR count). The van der Waals surface area contributed by atoms with Crippen molar-refractivity contribution in [1.82, 2.24) is 4.57 Å². The number of hydrogen-bond acceptors (Lipinski definition) is 2. The zero-order valence-corrected chi connectivity index (χ0v) is 12.9. The summed E-state index contributed by atoms with van der Waals surface area (Å²) < 4.78 is 8.18. The van der Waals surface area contributed by atoms with Crippen LogP contribution in [0.2, 0.25) is 0 Å². The van der Waals surface area contributed by atoms with Gasteiger partial charge in [0.2, 0.25) is 0 Å². The predicted octanol–water partition coefficient (Wildman–Crippen LogP) is 4.36. The van der Waals surface area contributed by atoms with Crippen molar-refractivity contribution in [2.45, 2.75) is 27.0 Å². The van der Waals surface area contributed by atoms with E-state index in [4.69, 9.17) is 4.74 Å². The highest BCUT2D eigenvalue weighted by atomic mass is 16.5. The molecular weight excluding hydrogens is 274 g/mol. The molecule has 1 aromatic heterocycles. The Balaban J connectivity index is 2.02. The van der Waals surface area contributed by atoms with E-state index < -0.39 is 0 Å². The van der Waals surface area contributed by atoms with E-state index in [1.54, 1.807) is 0 Å². The minimum absolute atomic E-state index is 0.495. The molecule has 0 unspecified atom stereocenters. The first-order valence-electron chi connectivity index (χ1n) is 7.48. The van der Waals surface area contributed by atoms with Crippen LogP contribution < -0.4 is 4.74 Å². The van der Waals surface area contributed by atoms with Gasteiger partial charge in [0, 0.05) is 23.2 Å². The Kier molecular flexibility index (Phi) is 3.96. The van der Waals surface area contributed by atoms with E-state index in [-0.39, 0.29) is 0 Å². The molecule has 0 aliphatic carbocycles. The number of carbonyl (C=O) groups is 1. The Morgan fingerprint density at radius 3 is 2.59 bits per heavy atom. The Labute approximate surface area is 130 Å². The van der Waals surface area contributed by atoms with Gasteiger partial charge in [-0.15, -0.1) is 0 Å². The number of rotatable bonds is 5. The van der Waals surface area contributed by atoms with E-state index in [9.17, 15) is 4.79 Å². The van der Waals surface area contributed by atoms with E-state index in [2.05, 4.69) is 24.5 Å². The topological polar surface area (TPSA) is 31.2 Å². The number of carbonyl (C=O) groups excluding carboxylic acids is 1. The molecule has 0 radical (unpaired) electrons. The molecular formula is C19H19NO2. The van der Waals surface area contributed by atoms with E-state index in [1.165, 1.54) is 5.69 Å². The van der Waals surface area contributed by atoms with Crippen molar-refractivity contribution in [3.63, 3.8) is 0 Å². The number of hydrogen-bond donors (Lipinski definition) is 0. The average molecular weight is 293 g/mol. The number of fused-ring (bicyclic) bond motifs is 1. The normalized spacial score (nSPS) is 10.8. The Morgan fingerprint density at radius 1 is 1.14 bits per heavy atom. The zero-order chi connectivity index (χ0) is 15.5. The van der Waals surface area contributed by atoms with Gasteiger partial charge < -0.3 is 9.30 Å². The lowest BCUT2D eigenvalue weighted by Crippen LogP contribution is -1.98. The highest BCUT2D eigenvalue weighted by Gasteiger charge is 2.11. The number of aryl methyl sites for hydroxylation is 2. The van der Waals surface area contributed by atoms with Crippen LogP contribution in [0.25, 0.3) is 10.9 Å². The Hall–Kier alpha value is -2.55. The smallest absolute Gasteiger partial charge is 0.150 e. The van der Waals surface area contributed by atoms with E-state index in [0.717, 1.165) is 35.0 Å². The SMILES string of the molecule is CCn1c(C)cc2c(OCc3ccccc3)cc(C=O)cc21. The van der Waals surface area contributed by atoms with Crippen LogP contribution in [0.15, 0.2) is 48.5 Å². The standard InChI is InChI=1S/C19H19NO2/c1-3-20-14(2)9-17-18(20)10-16(12-21)11-19(17)22-13-15-7-5-4-6-8-15/h4-12H,3,13H2,1-2H3. The largest absolute Gasteiger partial charge is 0.488 e. The van der Waals surface area contributed by atoms with Crippen molar-refractivity contribution in [2.75, 3.05) is 0 Å². The predicted molar refractivity (Wildman–Crippen MR) is 88.5 cm³/mol. The molecule has 0 fully saturated rings. The van der Waals surface area contributed by atoms with Gasteiger partial charge >= 0.3 is 0 Å². The minimum Gasteiger partial charge on any atom is -0.488 e. The van der Waals surface area contributed by atoms with Crippen molar-refractivity contribution in [2.24, 2.45) is 0 Å². The van der Waals surface area contributed by atoms with Crippen LogP contribution in [0.3, 0.4) is 0 Å². The molecule has 112 valence electrons. The first kappa shape index (κ1) is 14.4. The van der Waals surface area contributed by atoms with Crippen molar-refractivity contribution < 1.29 is 9.53 Å². The number of aromatic nitrogens is 1. The van der Waals surface area contributed by atoms with Gasteiger partial charge in [-0.25, -0.2) is 0 Å². The molecule has 0 N–H and O–H groups in total. The van der Waals surface area contributed by atoms with Gasteiger partial charge in [-0.1, -0.05) is 30.3 Å². The molecule has 3 nitrogen and oxygen atoms in total. The quantitative estimate of drug-likeness (QED) is 0.654. The summed E-state index contributed by atoms with van der Waals surface area (Å²) in [5.74, 6) is 0.763. The maximum absolute atomic E-state index is 11.2. The molecule has 2 aromatic carbocycles. The summed E-state index contributed by atoms with van der Waals surface area (Å²) in [5, 5.41) is 1.06. The first-order chi connectivity index (χ1) is 10.7. The molecule has 0 saturated heterocycles. The minimum atomic E-state index is 0.495. The second kappa shape index (κ2) is 6.06. The summed E-state index contributed by atoms with van der Waals surface area (Å²) in [6.07, 6.45) is 0.872. The first-order valence-corrected chi connectivity index (χ1v) is 7.48. The lowest BCUT2D eigenvalue weighted by molar-refractivity contribution is 0.112. The second-order valence-electron chi connectivity index (χ2n) is 5.37. The van der Waals surface area contributed by atoms with Gasteiger partial charge in [0.1, 0.15) is 18.6 Å². The van der Waals surface area contributed by atoms with Crippen molar-refractivity contribution in [1.29, 1.82) is 0 Å². The summed E-state index contributed by atoms with van der Waals surface area (Å²) in [6, 6.07) is 15.9. The molecule has 3 heteroatoms. The summed E-state index contributed by atoms with van der Waals surface area (Å²) >= 11 is 0. The summed E-state index contributed by atoms with van der Waals surface area (Å²) in [4.78, 5) is 11.2. The molecule has 0 aliphatic heterocycles. The second-order valence-corrected chi connectivity index (χ2v) is 5.37. The van der Waals surface area contributed by atoms with E-state index in [0.29, 0.717) is 12.2 Å². The highest BCUT2D eigenvalue weighted by Crippen LogP contribution is 2.31. The van der Waals surface area contributed by atoms with Crippen LogP contribution in [0.4, 0.5) is 0 Å². The molecule has 1 heterocycles. The summed E-state index contributed by atoms with van der Waals surface area (Å²) in [7, 11) is 0. The lowest BCUT2D eigenvalue weighted by atomic mass is 10.1. The third kappa shape index (κ3) is 2.62. The van der Waals surface area contributed by atoms with Crippen molar-refractivity contribution in [3.05, 3.63) is 65.4 Å². The van der Waals surface area contributed by atoms with Crippen LogP contribution >= 0.6 is 0 Å². The van der Waals surface area contributed by atoms with Gasteiger partial charge in [0.25, 0.3) is 0 Å². The van der Waals surface area contributed by atoms with Gasteiger partial charge in [-0.2, -0.15) is 0 Å². The van der Waals surface area contributed by atoms with Crippen LogP contribution in [0, 0.1) is 6.92 Å². The zero-order valence-electron chi connectivity index (χ0n) is 12.9. The Morgan fingerprint density at radius 2 is 1.91 bits per heavy atom. The number of nitrogens with zero attached hydrogens (tertiary/aromatic N) is 1. The third-order valence-corrected chi connectivity index (χ3v) is 3.90. The molecule has 22 heavy (non-hydrogen) atoms. The number of aldehydes is 1. The van der Waals surface area contributed by atoms with Gasteiger partial charge in [-0.3, -0.25) is 4.79 Å². The highest BCUT2D eigenvalue weighted by molar-refractivity contribution is 5.93. The molecule has 0 saturated carbocycles. The molecule has 3 aromatic rings. The maximum atomic E-state index is 11.2. The van der Waals surface area contributed by atoms with Crippen LogP contribution in [0.5, 0.6) is 5.75 Å². The fourth-order valence-electron chi connectivity index (χ4n) is 2.82. The van der Waals surface area contributed by atoms with Crippen LogP contribution in [-0.4, -0.2) is 10.9 Å². The van der Waals surface area contributed by atoms with Crippen LogP contribution in [0.1, 0.15) is 28.5 Å². The van der Waals surface area contributed by atoms with E-state index in [1.807, 2.05) is 42.5 Å². The molecule has 0 atom stereocenters. The molecule has 0 spiro atoms. The molecule has 0 amide bonds. The van der Waals surface area contributed by atoms with Crippen LogP contribution in [-0.2, 0) is 13.2 Å². The van der Waals surface area contributed by atoms with Gasteiger partial charge in [0.15, 0.2) is 0 Å². The number of ether oxygens (including phenoxy) is 1. The van der Waals surface area contributed by atoms with Gasteiger partial charge in [-0.05, 0) is 37.6 Å².